The summed E-state index contributed by atoms with van der Waals surface area (Å²) in [5.41, 5.74) is -0.504. The van der Waals surface area contributed by atoms with Crippen molar-refractivity contribution in [3.8, 4) is 11.5 Å². The van der Waals surface area contributed by atoms with Crippen LogP contribution in [0.15, 0.2) is 63.2 Å². The summed E-state index contributed by atoms with van der Waals surface area (Å²) in [5, 5.41) is 11.8. The predicted octanol–water partition coefficient (Wildman–Crippen LogP) is 7.28. The lowest BCUT2D eigenvalue weighted by molar-refractivity contribution is -0.385. The van der Waals surface area contributed by atoms with E-state index in [1.165, 1.54) is 31.4 Å². The van der Waals surface area contributed by atoms with Gasteiger partial charge in [-0.05, 0) is 60.6 Å². The molecule has 1 aromatic heterocycles. The van der Waals surface area contributed by atoms with E-state index in [0.717, 1.165) is 55.2 Å². The SMILES string of the molecule is COC(=O)CSc1cc(/N=c2\sc(=O)n3n2CCCC3)c(F)cc1Cl.COC(=O)c1cc(Oc2ccc(Cl)cc2Cl)ccc1[N+](=O)[O-]. The van der Waals surface area contributed by atoms with Gasteiger partial charge in [0.2, 0.25) is 4.80 Å². The van der Waals surface area contributed by atoms with Gasteiger partial charge in [-0.3, -0.25) is 24.4 Å². The summed E-state index contributed by atoms with van der Waals surface area (Å²) < 4.78 is 32.3. The van der Waals surface area contributed by atoms with Crippen LogP contribution >= 0.6 is 57.9 Å². The third kappa shape index (κ3) is 9.14. The molecule has 2 heterocycles. The third-order valence-corrected chi connectivity index (χ3v) is 9.23. The Labute approximate surface area is 289 Å². The van der Waals surface area contributed by atoms with Crippen LogP contribution in [-0.2, 0) is 27.4 Å². The summed E-state index contributed by atoms with van der Waals surface area (Å²) in [4.78, 5) is 50.4. The number of esters is 2. The second kappa shape index (κ2) is 16.3. The number of nitro groups is 1. The largest absolute Gasteiger partial charge is 0.468 e. The molecule has 0 saturated carbocycles. The Morgan fingerprint density at radius 3 is 2.40 bits per heavy atom. The van der Waals surface area contributed by atoms with Gasteiger partial charge in [-0.25, -0.2) is 18.9 Å². The monoisotopic (exact) mass is 744 g/mol. The Morgan fingerprint density at radius 2 is 1.74 bits per heavy atom. The summed E-state index contributed by atoms with van der Waals surface area (Å²) in [6, 6.07) is 11.0. The van der Waals surface area contributed by atoms with Gasteiger partial charge < -0.3 is 14.2 Å². The molecule has 5 rings (SSSR count). The fourth-order valence-electron chi connectivity index (χ4n) is 4.13. The highest BCUT2D eigenvalue weighted by atomic mass is 35.5. The molecule has 0 fully saturated rings. The molecule has 0 saturated heterocycles. The molecule has 0 atom stereocenters. The molecule has 18 heteroatoms. The highest BCUT2D eigenvalue weighted by Crippen LogP contribution is 2.34. The van der Waals surface area contributed by atoms with Crippen LogP contribution < -0.4 is 14.4 Å². The summed E-state index contributed by atoms with van der Waals surface area (Å²) >= 11 is 19.9. The molecule has 0 aliphatic carbocycles. The number of hydrogen-bond acceptors (Lipinski definition) is 11. The van der Waals surface area contributed by atoms with Crippen LogP contribution in [0.4, 0.5) is 15.8 Å². The summed E-state index contributed by atoms with van der Waals surface area (Å²) in [5.74, 6) is -1.25. The van der Waals surface area contributed by atoms with Gasteiger partial charge >= 0.3 is 16.8 Å². The lowest BCUT2D eigenvalue weighted by atomic mass is 10.1. The van der Waals surface area contributed by atoms with Crippen LogP contribution in [0.1, 0.15) is 23.2 Å². The van der Waals surface area contributed by atoms with Gasteiger partial charge in [-0.2, -0.15) is 0 Å². The molecule has 3 aromatic carbocycles. The van der Waals surface area contributed by atoms with Crippen molar-refractivity contribution < 1.29 is 33.1 Å². The normalized spacial score (nSPS) is 12.4. The van der Waals surface area contributed by atoms with Crippen molar-refractivity contribution in [1.82, 2.24) is 9.36 Å². The number of halogens is 4. The van der Waals surface area contributed by atoms with Gasteiger partial charge in [-0.1, -0.05) is 34.8 Å². The zero-order valence-electron chi connectivity index (χ0n) is 24.5. The molecular formula is C29H24Cl3FN4O8S2. The number of hydrogen-bond donors (Lipinski definition) is 0. The minimum Gasteiger partial charge on any atom is -0.468 e. The van der Waals surface area contributed by atoms with Crippen LogP contribution in [0, 0.1) is 15.9 Å². The van der Waals surface area contributed by atoms with Crippen molar-refractivity contribution in [1.29, 1.82) is 0 Å². The maximum Gasteiger partial charge on any atom is 0.345 e. The second-order valence-electron chi connectivity index (χ2n) is 9.42. The summed E-state index contributed by atoms with van der Waals surface area (Å²) in [7, 11) is 2.43. The highest BCUT2D eigenvalue weighted by Gasteiger charge is 2.22. The summed E-state index contributed by atoms with van der Waals surface area (Å²) in [6.07, 6.45) is 1.90. The fraction of sp³-hybridized carbons (Fsp3) is 0.241. The Bertz CT molecular complexity index is 1960. The van der Waals surface area contributed by atoms with Gasteiger partial charge in [0.15, 0.2) is 0 Å². The topological polar surface area (TPSA) is 144 Å². The van der Waals surface area contributed by atoms with E-state index < -0.39 is 22.7 Å². The van der Waals surface area contributed by atoms with Gasteiger partial charge in [0.1, 0.15) is 28.6 Å². The van der Waals surface area contributed by atoms with Crippen molar-refractivity contribution in [2.45, 2.75) is 30.8 Å². The van der Waals surface area contributed by atoms with Crippen LogP contribution in [0.2, 0.25) is 15.1 Å². The van der Waals surface area contributed by atoms with Gasteiger partial charge in [0.25, 0.3) is 5.69 Å². The van der Waals surface area contributed by atoms with Crippen molar-refractivity contribution in [3.63, 3.8) is 0 Å². The Balaban J connectivity index is 0.000000215. The zero-order valence-corrected chi connectivity index (χ0v) is 28.4. The van der Waals surface area contributed by atoms with E-state index in [9.17, 15) is 28.9 Å². The molecule has 12 nitrogen and oxygen atoms in total. The molecule has 0 N–H and O–H groups in total. The number of aromatic nitrogens is 2. The van der Waals surface area contributed by atoms with Crippen molar-refractivity contribution >= 4 is 81.2 Å². The molecule has 1 aliphatic heterocycles. The molecule has 248 valence electrons. The average Bonchev–Trinajstić information content (AvgIpc) is 3.37. The summed E-state index contributed by atoms with van der Waals surface area (Å²) in [6.45, 7) is 1.32. The Morgan fingerprint density at radius 1 is 1.02 bits per heavy atom. The van der Waals surface area contributed by atoms with E-state index >= 15 is 0 Å². The van der Waals surface area contributed by atoms with E-state index in [0.29, 0.717) is 33.6 Å². The third-order valence-electron chi connectivity index (χ3n) is 6.37. The number of thioether (sulfide) groups is 1. The Hall–Kier alpha value is -3.89. The first-order valence-corrected chi connectivity index (χ1v) is 16.4. The van der Waals surface area contributed by atoms with Crippen LogP contribution in [0.5, 0.6) is 11.5 Å². The van der Waals surface area contributed by atoms with Crippen molar-refractivity contribution in [2.24, 2.45) is 4.99 Å². The number of rotatable bonds is 8. The lowest BCUT2D eigenvalue weighted by Crippen LogP contribution is -2.31. The maximum absolute atomic E-state index is 14.3. The standard InChI is InChI=1S/C15H15ClFN3O3S2.C14H9Cl2NO5/c1-23-13(21)8-24-12-7-11(10(17)6-9(12)16)18-14-19-4-2-3-5-20(19)15(22)25-14;1-21-14(18)10-7-9(3-4-12(10)17(19)20)22-13-5-2-8(15)6-11(13)16/h6-7H,2-5,8H2,1H3;2-7H,1H3/b18-14-;. The number of nitro benzene ring substituents is 1. The van der Waals surface area contributed by atoms with Gasteiger partial charge in [-0.15, -0.1) is 11.8 Å². The first kappa shape index (κ1) is 36.0. The van der Waals surface area contributed by atoms with Crippen LogP contribution in [-0.4, -0.2) is 46.2 Å². The van der Waals surface area contributed by atoms with E-state index in [2.05, 4.69) is 14.5 Å². The molecule has 0 unspecified atom stereocenters. The van der Waals surface area contributed by atoms with Gasteiger partial charge in [0.05, 0.1) is 34.9 Å². The average molecular weight is 746 g/mol. The smallest absolute Gasteiger partial charge is 0.345 e. The molecule has 1 aliphatic rings. The Kier molecular flexibility index (Phi) is 12.5. The minimum atomic E-state index is -0.834. The van der Waals surface area contributed by atoms with Crippen molar-refractivity contribution in [3.05, 3.63) is 99.6 Å². The van der Waals surface area contributed by atoms with E-state index in [4.69, 9.17) is 39.5 Å². The number of methoxy groups -OCH3 is 2. The quantitative estimate of drug-likeness (QED) is 0.0787. The number of nitrogens with zero attached hydrogens (tertiary/aromatic N) is 4. The molecule has 0 spiro atoms. The molecule has 47 heavy (non-hydrogen) atoms. The van der Waals surface area contributed by atoms with E-state index in [1.807, 2.05) is 0 Å². The maximum atomic E-state index is 14.3. The van der Waals surface area contributed by atoms with Crippen LogP contribution in [0.3, 0.4) is 0 Å². The highest BCUT2D eigenvalue weighted by molar-refractivity contribution is 8.00. The number of carbonyl (C=O) groups excluding carboxylic acids is 2. The molecule has 0 amide bonds. The zero-order chi connectivity index (χ0) is 34.2. The van der Waals surface area contributed by atoms with Crippen LogP contribution in [0.25, 0.3) is 0 Å². The first-order valence-electron chi connectivity index (χ1n) is 13.5. The van der Waals surface area contributed by atoms with Crippen molar-refractivity contribution in [2.75, 3.05) is 20.0 Å². The first-order chi connectivity index (χ1) is 22.4. The number of carbonyl (C=O) groups is 2. The number of fused-ring (bicyclic) bond motifs is 1. The molecular weight excluding hydrogens is 722 g/mol. The molecule has 0 bridgehead atoms. The fourth-order valence-corrected chi connectivity index (χ4v) is 6.56. The molecule has 4 aromatic rings. The number of ether oxygens (including phenoxy) is 3. The lowest BCUT2D eigenvalue weighted by Gasteiger charge is -2.15. The minimum absolute atomic E-state index is 0.0605. The van der Waals surface area contributed by atoms with Gasteiger partial charge in [0, 0.05) is 35.1 Å². The molecule has 0 radical (unpaired) electrons. The number of benzene rings is 3. The van der Waals surface area contributed by atoms with E-state index in [-0.39, 0.29) is 43.4 Å². The predicted molar refractivity (Wildman–Crippen MR) is 176 cm³/mol. The second-order valence-corrected chi connectivity index (χ2v) is 12.6. The van der Waals surface area contributed by atoms with E-state index in [1.54, 1.807) is 21.5 Å².